The number of hydrogen-bond donors (Lipinski definition) is 8. The number of phenolic OH excluding ortho intramolecular Hbond substituents is 3. The van der Waals surface area contributed by atoms with Gasteiger partial charge in [0.1, 0.15) is 11.9 Å². The number of aromatic amines is 1. The summed E-state index contributed by atoms with van der Waals surface area (Å²) in [7, 11) is 10.2. The van der Waals surface area contributed by atoms with Crippen LogP contribution in [0.25, 0.3) is 10.8 Å². The average molecular weight is 1250 g/mol. The Balaban J connectivity index is 1.06. The first-order chi connectivity index (χ1) is 42.4. The summed E-state index contributed by atoms with van der Waals surface area (Å²) in [6.45, 7) is 1.99. The van der Waals surface area contributed by atoms with Crippen LogP contribution in [0.4, 0.5) is 0 Å². The number of H-pyrrole nitrogens is 1. The molecule has 2 aliphatic heterocycles. The van der Waals surface area contributed by atoms with Gasteiger partial charge in [-0.05, 0) is 193 Å². The SMILES string of the molecule is CCc1ccc2cccc3c2c1Cc1c(ccc(O)c1OC)CC(Cc1cc[nH]c1)C(O)C1C(=O)C(c2cc(O)cc(C4(NC)CCCC(Cc5ccccc5)C4)c2)(C2CSSCC4CCCCC4Oc4cc2ccc4O)C(O)CC1CSSC3CO. The van der Waals surface area contributed by atoms with E-state index in [1.807, 2.05) is 61.9 Å². The van der Waals surface area contributed by atoms with Crippen molar-refractivity contribution < 1.29 is 44.9 Å². The fourth-order valence-corrected chi connectivity index (χ4v) is 21.9. The number of aliphatic hydroxyl groups is 3. The van der Waals surface area contributed by atoms with E-state index >= 15 is 4.79 Å². The number of nitrogens with one attached hydrogen (secondary N) is 2. The van der Waals surface area contributed by atoms with Gasteiger partial charge in [-0.15, -0.1) is 0 Å². The molecule has 7 aromatic rings. The van der Waals surface area contributed by atoms with Crippen molar-refractivity contribution in [3.63, 3.8) is 0 Å². The Kier molecular flexibility index (Phi) is 19.3. The normalized spacial score (nSPS) is 29.0. The molecule has 3 saturated carbocycles. The van der Waals surface area contributed by atoms with Gasteiger partial charge in [0.25, 0.3) is 0 Å². The maximum Gasteiger partial charge on any atom is 0.164 e. The van der Waals surface area contributed by atoms with E-state index in [9.17, 15) is 30.6 Å². The number of rotatable bonds is 11. The molecule has 12 rings (SSSR count). The van der Waals surface area contributed by atoms with Gasteiger partial charge in [-0.1, -0.05) is 142 Å². The first kappa shape index (κ1) is 62.0. The number of aliphatic hydroxyl groups excluding tert-OH is 3. The molecule has 87 heavy (non-hydrogen) atoms. The zero-order valence-corrected chi connectivity index (χ0v) is 53.4. The summed E-state index contributed by atoms with van der Waals surface area (Å²) in [5.41, 5.74) is 6.81. The number of aromatic hydroxyl groups is 3. The lowest BCUT2D eigenvalue weighted by atomic mass is 9.52. The third kappa shape index (κ3) is 12.3. The van der Waals surface area contributed by atoms with Crippen molar-refractivity contribution in [1.82, 2.24) is 10.3 Å². The van der Waals surface area contributed by atoms with Crippen LogP contribution in [0.1, 0.15) is 132 Å². The largest absolute Gasteiger partial charge is 0.508 e. The molecule has 3 heterocycles. The minimum Gasteiger partial charge on any atom is -0.508 e. The van der Waals surface area contributed by atoms with Crippen LogP contribution in [0.5, 0.6) is 28.7 Å². The van der Waals surface area contributed by atoms with Crippen LogP contribution < -0.4 is 14.8 Å². The quantitative estimate of drug-likeness (QED) is 0.0572. The summed E-state index contributed by atoms with van der Waals surface area (Å²) in [5.74, 6) is -0.357. The first-order valence-electron chi connectivity index (χ1n) is 31.5. The predicted molar refractivity (Wildman–Crippen MR) is 356 cm³/mol. The fraction of sp³-hybridized carbons (Fsp3) is 0.458. The smallest absolute Gasteiger partial charge is 0.164 e. The third-order valence-electron chi connectivity index (χ3n) is 20.6. The number of hydrogen-bond acceptors (Lipinski definition) is 14. The van der Waals surface area contributed by atoms with E-state index in [4.69, 9.17) is 9.47 Å². The molecule has 6 aromatic carbocycles. The van der Waals surface area contributed by atoms with Crippen LogP contribution in [-0.4, -0.2) is 97.7 Å². The van der Waals surface area contributed by atoms with Crippen molar-refractivity contribution in [2.24, 2.45) is 29.6 Å². The zero-order valence-electron chi connectivity index (χ0n) is 50.2. The monoisotopic (exact) mass is 1250 g/mol. The Hall–Kier alpha value is -5.23. The molecule has 3 aliphatic carbocycles. The molecule has 0 spiro atoms. The van der Waals surface area contributed by atoms with Crippen molar-refractivity contribution in [2.75, 3.05) is 38.0 Å². The molecule has 5 aliphatic rings. The summed E-state index contributed by atoms with van der Waals surface area (Å²) < 4.78 is 13.0. The number of carbonyl (C=O) groups is 1. The van der Waals surface area contributed by atoms with Gasteiger partial charge < -0.3 is 50.4 Å². The van der Waals surface area contributed by atoms with Crippen molar-refractivity contribution in [1.29, 1.82) is 0 Å². The average Bonchev–Trinajstić information content (AvgIpc) is 0.928. The summed E-state index contributed by atoms with van der Waals surface area (Å²) in [6.07, 6.45) is 11.6. The third-order valence-corrected chi connectivity index (χ3v) is 26.0. The molecule has 12 unspecified atom stereocenters. The van der Waals surface area contributed by atoms with Crippen LogP contribution in [-0.2, 0) is 47.9 Å². The Labute approximate surface area is 528 Å². The number of phenols is 3. The number of benzene rings is 6. The molecule has 2 bridgehead atoms. The van der Waals surface area contributed by atoms with Gasteiger partial charge in [-0.3, -0.25) is 4.79 Å². The van der Waals surface area contributed by atoms with Gasteiger partial charge in [-0.25, -0.2) is 0 Å². The van der Waals surface area contributed by atoms with E-state index in [0.717, 1.165) is 125 Å². The van der Waals surface area contributed by atoms with Gasteiger partial charge in [0.05, 0.1) is 36.6 Å². The van der Waals surface area contributed by atoms with Crippen LogP contribution >= 0.6 is 43.2 Å². The van der Waals surface area contributed by atoms with Crippen molar-refractivity contribution in [3.8, 4) is 28.7 Å². The predicted octanol–water partition coefficient (Wildman–Crippen LogP) is 14.1. The highest BCUT2D eigenvalue weighted by Crippen LogP contribution is 2.58. The summed E-state index contributed by atoms with van der Waals surface area (Å²) in [4.78, 5) is 21.0. The topological polar surface area (TPSA) is 185 Å². The molecule has 15 heteroatoms. The Bertz CT molecular complexity index is 3530. The van der Waals surface area contributed by atoms with Gasteiger partial charge in [0, 0.05) is 64.9 Å². The lowest BCUT2D eigenvalue weighted by Crippen LogP contribution is -2.62. The van der Waals surface area contributed by atoms with Gasteiger partial charge >= 0.3 is 0 Å². The van der Waals surface area contributed by atoms with E-state index in [2.05, 4.69) is 71.8 Å². The number of ether oxygens (including phenoxy) is 2. The second-order valence-corrected chi connectivity index (χ2v) is 30.6. The zero-order chi connectivity index (χ0) is 60.4. The molecule has 11 nitrogen and oxygen atoms in total. The number of Topliss-reactive ketones (excluding diaryl/α,β-unsaturated/α-hetero) is 1. The minimum absolute atomic E-state index is 0.00126. The lowest BCUT2D eigenvalue weighted by molar-refractivity contribution is -0.150. The standard InChI is InChI=1S/C72H84N2O9S4/c1-4-46-19-20-47-16-10-17-56-64(39-75)87-86-41-52-32-65(79)72(59-42-85-84-40-50-15-8-9-18-62(50)83-63-31-49(59)22-23-60(63)77,54-33-53(34-55(76)35-54)71(73-2)26-11-14-44(37-71)28-43-12-6-5-7-13-43)70(81)67(52)68(80)51(29-45-25-27-74-38-45)30-48-21-24-61(78)69(82-3)58(48)36-57(46)66(47)56/h5-7,10,12-13,16-17,19-25,27,31,33-35,38,44,50-52,59,62,64-65,67-68,73-80H,4,8-9,11,14-15,18,26,28-30,32,36-37,39-42H2,1-3H3. The number of fused-ring (bicyclic) bond motifs is 5. The van der Waals surface area contributed by atoms with Crippen LogP contribution in [0, 0.1) is 29.6 Å². The maximum atomic E-state index is 17.8. The molecule has 0 radical (unpaired) electrons. The highest BCUT2D eigenvalue weighted by atomic mass is 33.1. The van der Waals surface area contributed by atoms with Gasteiger partial charge in [0.2, 0.25) is 0 Å². The van der Waals surface area contributed by atoms with Gasteiger partial charge in [-0.2, -0.15) is 0 Å². The Morgan fingerprint density at radius 3 is 2.38 bits per heavy atom. The van der Waals surface area contributed by atoms with Crippen LogP contribution in [0.2, 0.25) is 0 Å². The van der Waals surface area contributed by atoms with Crippen molar-refractivity contribution in [2.45, 2.75) is 137 Å². The maximum absolute atomic E-state index is 17.8. The molecule has 12 atom stereocenters. The van der Waals surface area contributed by atoms with Crippen LogP contribution in [0.15, 0.2) is 128 Å². The summed E-state index contributed by atoms with van der Waals surface area (Å²) in [5, 5.41) is 81.0. The molecule has 0 amide bonds. The molecule has 1 aromatic heterocycles. The lowest BCUT2D eigenvalue weighted by Gasteiger charge is -2.53. The molecular weight excluding hydrogens is 1170 g/mol. The summed E-state index contributed by atoms with van der Waals surface area (Å²) in [6, 6.07) is 37.9. The molecule has 0 saturated heterocycles. The molecule has 3 fully saturated rings. The summed E-state index contributed by atoms with van der Waals surface area (Å²) >= 11 is 0. The number of methoxy groups -OCH3 is 1. The van der Waals surface area contributed by atoms with Crippen molar-refractivity contribution in [3.05, 3.63) is 183 Å². The van der Waals surface area contributed by atoms with Crippen LogP contribution in [0.3, 0.4) is 0 Å². The number of aryl methyl sites for hydroxylation is 1. The highest BCUT2D eigenvalue weighted by Gasteiger charge is 2.62. The Morgan fingerprint density at radius 2 is 1.59 bits per heavy atom. The van der Waals surface area contributed by atoms with Gasteiger partial charge in [0.15, 0.2) is 28.8 Å². The number of carbonyl (C=O) groups excluding carboxylic acids is 1. The minimum atomic E-state index is -1.76. The van der Waals surface area contributed by atoms with E-state index < -0.39 is 46.8 Å². The number of ketones is 1. The van der Waals surface area contributed by atoms with E-state index in [1.54, 1.807) is 68.5 Å². The molecule has 8 N–H and O–H groups in total. The Morgan fingerprint density at radius 1 is 0.782 bits per heavy atom. The second-order valence-electron chi connectivity index (χ2n) is 25.4. The molecular formula is C72H84N2O9S4. The van der Waals surface area contributed by atoms with E-state index in [1.165, 1.54) is 5.56 Å². The van der Waals surface area contributed by atoms with E-state index in [-0.39, 0.29) is 53.3 Å². The number of aromatic nitrogens is 1. The fourth-order valence-electron chi connectivity index (χ4n) is 16.2. The van der Waals surface area contributed by atoms with Crippen molar-refractivity contribution >= 4 is 59.7 Å². The molecule has 460 valence electrons. The second kappa shape index (κ2) is 27.1. The highest BCUT2D eigenvalue weighted by molar-refractivity contribution is 8.77. The van der Waals surface area contributed by atoms with E-state index in [0.29, 0.717) is 53.7 Å². The first-order valence-corrected chi connectivity index (χ1v) is 36.4.